The van der Waals surface area contributed by atoms with E-state index < -0.39 is 0 Å². The van der Waals surface area contributed by atoms with Gasteiger partial charge in [-0.05, 0) is 29.8 Å². The highest BCUT2D eigenvalue weighted by molar-refractivity contribution is 5.88. The Labute approximate surface area is 134 Å². The van der Waals surface area contributed by atoms with Crippen LogP contribution in [0.25, 0.3) is 0 Å². The fourth-order valence-electron chi connectivity index (χ4n) is 1.74. The first-order valence-corrected chi connectivity index (χ1v) is 7.01. The quantitative estimate of drug-likeness (QED) is 0.634. The van der Waals surface area contributed by atoms with Crippen LogP contribution in [0.3, 0.4) is 0 Å². The lowest BCUT2D eigenvalue weighted by molar-refractivity contribution is -0.123. The lowest BCUT2D eigenvalue weighted by Crippen LogP contribution is -2.24. The molecule has 118 valence electrons. The van der Waals surface area contributed by atoms with E-state index in [2.05, 4.69) is 15.8 Å². The van der Waals surface area contributed by atoms with E-state index in [1.807, 2.05) is 30.3 Å². The summed E-state index contributed by atoms with van der Waals surface area (Å²) in [4.78, 5) is 22.5. The molecule has 23 heavy (non-hydrogen) atoms. The molecule has 0 unspecified atom stereocenters. The van der Waals surface area contributed by atoms with E-state index in [1.54, 1.807) is 30.5 Å². The maximum absolute atomic E-state index is 11.6. The number of hydrogen-bond acceptors (Lipinski definition) is 4. The Kier molecular flexibility index (Phi) is 5.88. The Morgan fingerprint density at radius 2 is 1.78 bits per heavy atom. The summed E-state index contributed by atoms with van der Waals surface area (Å²) in [6.07, 6.45) is 1.56. The Hall–Kier alpha value is -3.15. The van der Waals surface area contributed by atoms with E-state index in [1.165, 1.54) is 6.92 Å². The predicted molar refractivity (Wildman–Crippen MR) is 88.4 cm³/mol. The molecule has 0 aliphatic rings. The smallest absolute Gasteiger partial charge is 0.277 e. The Morgan fingerprint density at radius 3 is 2.43 bits per heavy atom. The van der Waals surface area contributed by atoms with Gasteiger partial charge in [0.2, 0.25) is 5.91 Å². The van der Waals surface area contributed by atoms with Gasteiger partial charge in [-0.2, -0.15) is 5.10 Å². The van der Waals surface area contributed by atoms with Crippen LogP contribution in [0, 0.1) is 0 Å². The van der Waals surface area contributed by atoms with Crippen LogP contribution in [0.2, 0.25) is 0 Å². The fourth-order valence-corrected chi connectivity index (χ4v) is 1.74. The number of ether oxygens (including phenoxy) is 1. The summed E-state index contributed by atoms with van der Waals surface area (Å²) in [5.74, 6) is 0.0266. The third-order valence-electron chi connectivity index (χ3n) is 2.75. The van der Waals surface area contributed by atoms with Crippen molar-refractivity contribution in [1.29, 1.82) is 0 Å². The number of carbonyl (C=O) groups is 2. The van der Waals surface area contributed by atoms with Crippen molar-refractivity contribution < 1.29 is 14.3 Å². The van der Waals surface area contributed by atoms with Crippen LogP contribution in [0.15, 0.2) is 59.7 Å². The third-order valence-corrected chi connectivity index (χ3v) is 2.75. The van der Waals surface area contributed by atoms with Gasteiger partial charge in [-0.25, -0.2) is 5.43 Å². The third kappa shape index (κ3) is 6.01. The van der Waals surface area contributed by atoms with Gasteiger partial charge in [0.05, 0.1) is 6.21 Å². The molecule has 0 heterocycles. The van der Waals surface area contributed by atoms with E-state index in [4.69, 9.17) is 4.74 Å². The van der Waals surface area contributed by atoms with E-state index in [0.29, 0.717) is 11.4 Å². The zero-order valence-electron chi connectivity index (χ0n) is 12.7. The summed E-state index contributed by atoms with van der Waals surface area (Å²) in [6.45, 7) is 1.29. The molecule has 0 aliphatic heterocycles. The standard InChI is InChI=1S/C17H17N3O3/c1-13(21)19-15-7-9-16(10-8-15)23-12-17(22)20-18-11-14-5-3-2-4-6-14/h2-11H,12H2,1H3,(H,19,21)(H,20,22). The summed E-state index contributed by atoms with van der Waals surface area (Å²) in [7, 11) is 0. The second-order valence-corrected chi connectivity index (χ2v) is 4.70. The molecule has 0 fully saturated rings. The second-order valence-electron chi connectivity index (χ2n) is 4.70. The molecule has 0 aromatic heterocycles. The van der Waals surface area contributed by atoms with Crippen LogP contribution in [-0.2, 0) is 9.59 Å². The molecule has 2 N–H and O–H groups in total. The van der Waals surface area contributed by atoms with Crippen LogP contribution in [0.1, 0.15) is 12.5 Å². The highest BCUT2D eigenvalue weighted by Crippen LogP contribution is 2.15. The van der Waals surface area contributed by atoms with Crippen LogP contribution < -0.4 is 15.5 Å². The van der Waals surface area contributed by atoms with Crippen molar-refractivity contribution in [2.45, 2.75) is 6.92 Å². The van der Waals surface area contributed by atoms with E-state index >= 15 is 0 Å². The van der Waals surface area contributed by atoms with E-state index in [0.717, 1.165) is 5.56 Å². The minimum Gasteiger partial charge on any atom is -0.484 e. The number of anilines is 1. The maximum atomic E-state index is 11.6. The first kappa shape index (κ1) is 16.2. The molecule has 0 spiro atoms. The minimum absolute atomic E-state index is 0.144. The van der Waals surface area contributed by atoms with Crippen LogP contribution in [-0.4, -0.2) is 24.6 Å². The first-order valence-electron chi connectivity index (χ1n) is 7.01. The first-order chi connectivity index (χ1) is 11.1. The van der Waals surface area contributed by atoms with Gasteiger partial charge in [-0.1, -0.05) is 30.3 Å². The molecule has 2 aromatic carbocycles. The molecule has 0 aliphatic carbocycles. The van der Waals surface area contributed by atoms with Gasteiger partial charge in [-0.15, -0.1) is 0 Å². The van der Waals surface area contributed by atoms with Crippen molar-refractivity contribution in [2.75, 3.05) is 11.9 Å². The molecule has 0 saturated carbocycles. The largest absolute Gasteiger partial charge is 0.484 e. The normalized spacial score (nSPS) is 10.3. The summed E-state index contributed by atoms with van der Waals surface area (Å²) in [5, 5.41) is 6.50. The number of hydrogen-bond donors (Lipinski definition) is 2. The van der Waals surface area contributed by atoms with Gasteiger partial charge in [0, 0.05) is 12.6 Å². The number of nitrogens with one attached hydrogen (secondary N) is 2. The highest BCUT2D eigenvalue weighted by Gasteiger charge is 2.02. The van der Waals surface area contributed by atoms with Gasteiger partial charge in [0.15, 0.2) is 6.61 Å². The fraction of sp³-hybridized carbons (Fsp3) is 0.118. The minimum atomic E-state index is -0.358. The lowest BCUT2D eigenvalue weighted by Gasteiger charge is -2.06. The number of carbonyl (C=O) groups excluding carboxylic acids is 2. The number of benzene rings is 2. The second kappa shape index (κ2) is 8.33. The Morgan fingerprint density at radius 1 is 1.09 bits per heavy atom. The van der Waals surface area contributed by atoms with Gasteiger partial charge >= 0.3 is 0 Å². The zero-order chi connectivity index (χ0) is 16.5. The van der Waals surface area contributed by atoms with Crippen molar-refractivity contribution in [3.63, 3.8) is 0 Å². The molecule has 0 bridgehead atoms. The molecule has 0 radical (unpaired) electrons. The van der Waals surface area contributed by atoms with Crippen molar-refractivity contribution in [2.24, 2.45) is 5.10 Å². The molecule has 6 nitrogen and oxygen atoms in total. The number of rotatable bonds is 6. The molecular weight excluding hydrogens is 294 g/mol. The molecule has 2 aromatic rings. The van der Waals surface area contributed by atoms with Crippen LogP contribution in [0.5, 0.6) is 5.75 Å². The average Bonchev–Trinajstić information content (AvgIpc) is 2.55. The number of amides is 2. The van der Waals surface area contributed by atoms with Gasteiger partial charge in [0.25, 0.3) is 5.91 Å². The molecule has 2 amide bonds. The molecule has 2 rings (SSSR count). The van der Waals surface area contributed by atoms with Crippen LogP contribution >= 0.6 is 0 Å². The topological polar surface area (TPSA) is 79.8 Å². The maximum Gasteiger partial charge on any atom is 0.277 e. The van der Waals surface area contributed by atoms with E-state index in [-0.39, 0.29) is 18.4 Å². The van der Waals surface area contributed by atoms with Gasteiger partial charge in [-0.3, -0.25) is 9.59 Å². The summed E-state index contributed by atoms with van der Waals surface area (Å²) in [6, 6.07) is 16.2. The molecule has 6 heteroatoms. The molecule has 0 atom stereocenters. The van der Waals surface area contributed by atoms with Crippen molar-refractivity contribution in [3.8, 4) is 5.75 Å². The molecular formula is C17H17N3O3. The average molecular weight is 311 g/mol. The predicted octanol–water partition coefficient (Wildman–Crippen LogP) is 2.17. The van der Waals surface area contributed by atoms with Crippen molar-refractivity contribution in [1.82, 2.24) is 5.43 Å². The molecule has 0 saturated heterocycles. The monoisotopic (exact) mass is 311 g/mol. The van der Waals surface area contributed by atoms with E-state index in [9.17, 15) is 9.59 Å². The summed E-state index contributed by atoms with van der Waals surface area (Å²) >= 11 is 0. The van der Waals surface area contributed by atoms with Crippen LogP contribution in [0.4, 0.5) is 5.69 Å². The highest BCUT2D eigenvalue weighted by atomic mass is 16.5. The number of hydrazone groups is 1. The Balaban J connectivity index is 1.76. The van der Waals surface area contributed by atoms with Gasteiger partial charge in [0.1, 0.15) is 5.75 Å². The SMILES string of the molecule is CC(=O)Nc1ccc(OCC(=O)NN=Cc2ccccc2)cc1. The summed E-state index contributed by atoms with van der Waals surface area (Å²) < 4.78 is 5.33. The zero-order valence-corrected chi connectivity index (χ0v) is 12.7. The van der Waals surface area contributed by atoms with Gasteiger partial charge < -0.3 is 10.1 Å². The van der Waals surface area contributed by atoms with Crippen molar-refractivity contribution in [3.05, 3.63) is 60.2 Å². The lowest BCUT2D eigenvalue weighted by atomic mass is 10.2. The Bertz CT molecular complexity index is 682. The number of nitrogens with zero attached hydrogens (tertiary/aromatic N) is 1. The van der Waals surface area contributed by atoms with Crippen molar-refractivity contribution >= 4 is 23.7 Å². The summed E-state index contributed by atoms with van der Waals surface area (Å²) in [5.41, 5.74) is 3.95.